The molecule has 0 aliphatic carbocycles. The van der Waals surface area contributed by atoms with Gasteiger partial charge in [-0.05, 0) is 44.7 Å². The van der Waals surface area contributed by atoms with Crippen molar-refractivity contribution in [3.8, 4) is 0 Å². The maximum atomic E-state index is 12.1. The second-order valence-electron chi connectivity index (χ2n) is 5.00. The van der Waals surface area contributed by atoms with Crippen molar-refractivity contribution in [1.82, 2.24) is 10.2 Å². The van der Waals surface area contributed by atoms with E-state index >= 15 is 0 Å². The molecule has 0 bridgehead atoms. The average Bonchev–Trinajstić information content (AvgIpc) is 2.79. The number of nitrogens with one attached hydrogen (secondary N) is 1. The van der Waals surface area contributed by atoms with Crippen LogP contribution in [0, 0.1) is 5.92 Å². The third-order valence-corrected chi connectivity index (χ3v) is 3.72. The number of likely N-dealkylation sites (tertiary alicyclic amines) is 1. The Morgan fingerprint density at radius 3 is 2.76 bits per heavy atom. The number of aliphatic carboxylic acids is 1. The van der Waals surface area contributed by atoms with Crippen molar-refractivity contribution >= 4 is 11.9 Å². The van der Waals surface area contributed by atoms with Gasteiger partial charge < -0.3 is 15.3 Å². The SMILES string of the molecule is O=C(O)C1CCCN1C(=O)CC1CCCNC1. The van der Waals surface area contributed by atoms with Gasteiger partial charge in [0, 0.05) is 13.0 Å². The van der Waals surface area contributed by atoms with E-state index in [-0.39, 0.29) is 5.91 Å². The van der Waals surface area contributed by atoms with E-state index in [1.165, 1.54) is 0 Å². The summed E-state index contributed by atoms with van der Waals surface area (Å²) in [5.41, 5.74) is 0. The Bertz CT molecular complexity index is 300. The highest BCUT2D eigenvalue weighted by Gasteiger charge is 2.34. The number of carbonyl (C=O) groups is 2. The number of hydrogen-bond donors (Lipinski definition) is 2. The highest BCUT2D eigenvalue weighted by Crippen LogP contribution is 2.22. The minimum absolute atomic E-state index is 0.0172. The molecule has 1 amide bonds. The summed E-state index contributed by atoms with van der Waals surface area (Å²) in [7, 11) is 0. The van der Waals surface area contributed by atoms with Crippen molar-refractivity contribution in [1.29, 1.82) is 0 Å². The van der Waals surface area contributed by atoms with Crippen LogP contribution in [0.5, 0.6) is 0 Å². The maximum Gasteiger partial charge on any atom is 0.326 e. The first-order valence-corrected chi connectivity index (χ1v) is 6.41. The molecule has 0 radical (unpaired) electrons. The zero-order chi connectivity index (χ0) is 12.3. The molecule has 2 aliphatic rings. The van der Waals surface area contributed by atoms with Crippen LogP contribution in [-0.2, 0) is 9.59 Å². The molecule has 2 unspecified atom stereocenters. The van der Waals surface area contributed by atoms with E-state index in [0.29, 0.717) is 25.3 Å². The highest BCUT2D eigenvalue weighted by molar-refractivity contribution is 5.84. The third-order valence-electron chi connectivity index (χ3n) is 3.72. The lowest BCUT2D eigenvalue weighted by atomic mass is 9.95. The molecule has 0 aromatic carbocycles. The number of carboxylic acid groups (broad SMARTS) is 1. The minimum Gasteiger partial charge on any atom is -0.480 e. The topological polar surface area (TPSA) is 69.6 Å². The zero-order valence-electron chi connectivity index (χ0n) is 10.0. The molecule has 2 saturated heterocycles. The molecular weight excluding hydrogens is 220 g/mol. The molecule has 5 heteroatoms. The van der Waals surface area contributed by atoms with E-state index in [4.69, 9.17) is 5.11 Å². The smallest absolute Gasteiger partial charge is 0.326 e. The molecule has 0 aromatic heterocycles. The van der Waals surface area contributed by atoms with Crippen LogP contribution < -0.4 is 5.32 Å². The Morgan fingerprint density at radius 2 is 2.12 bits per heavy atom. The summed E-state index contributed by atoms with van der Waals surface area (Å²) >= 11 is 0. The van der Waals surface area contributed by atoms with Crippen molar-refractivity contribution in [3.63, 3.8) is 0 Å². The van der Waals surface area contributed by atoms with Crippen LogP contribution in [0.3, 0.4) is 0 Å². The van der Waals surface area contributed by atoms with E-state index in [2.05, 4.69) is 5.32 Å². The lowest BCUT2D eigenvalue weighted by Crippen LogP contribution is -2.42. The van der Waals surface area contributed by atoms with E-state index < -0.39 is 12.0 Å². The van der Waals surface area contributed by atoms with Gasteiger partial charge in [0.2, 0.25) is 5.91 Å². The van der Waals surface area contributed by atoms with Gasteiger partial charge in [0.25, 0.3) is 0 Å². The molecule has 0 saturated carbocycles. The van der Waals surface area contributed by atoms with Gasteiger partial charge in [0.05, 0.1) is 0 Å². The van der Waals surface area contributed by atoms with Gasteiger partial charge in [-0.2, -0.15) is 0 Å². The summed E-state index contributed by atoms with van der Waals surface area (Å²) in [6.07, 6.45) is 4.09. The van der Waals surface area contributed by atoms with Crippen molar-refractivity contribution < 1.29 is 14.7 Å². The lowest BCUT2D eigenvalue weighted by molar-refractivity contribution is -0.148. The lowest BCUT2D eigenvalue weighted by Gasteiger charge is -2.26. The largest absolute Gasteiger partial charge is 0.480 e. The van der Waals surface area contributed by atoms with Gasteiger partial charge in [-0.3, -0.25) is 4.79 Å². The van der Waals surface area contributed by atoms with E-state index in [9.17, 15) is 9.59 Å². The van der Waals surface area contributed by atoms with Gasteiger partial charge in [0.15, 0.2) is 0 Å². The Balaban J connectivity index is 1.88. The molecule has 5 nitrogen and oxygen atoms in total. The predicted molar refractivity (Wildman–Crippen MR) is 62.6 cm³/mol. The third kappa shape index (κ3) is 2.97. The second-order valence-corrected chi connectivity index (χ2v) is 5.00. The summed E-state index contributed by atoms with van der Waals surface area (Å²) in [4.78, 5) is 24.6. The van der Waals surface area contributed by atoms with Crippen LogP contribution in [0.15, 0.2) is 0 Å². The molecule has 2 atom stereocenters. The number of rotatable bonds is 3. The predicted octanol–water partition coefficient (Wildman–Crippen LogP) is 0.452. The number of carbonyl (C=O) groups excluding carboxylic acids is 1. The van der Waals surface area contributed by atoms with Gasteiger partial charge in [0.1, 0.15) is 6.04 Å². The monoisotopic (exact) mass is 240 g/mol. The molecular formula is C12H20N2O3. The maximum absolute atomic E-state index is 12.1. The zero-order valence-corrected chi connectivity index (χ0v) is 10.0. The summed E-state index contributed by atoms with van der Waals surface area (Å²) in [5.74, 6) is -0.465. The average molecular weight is 240 g/mol. The quantitative estimate of drug-likeness (QED) is 0.751. The first-order valence-electron chi connectivity index (χ1n) is 6.41. The van der Waals surface area contributed by atoms with Crippen LogP contribution in [0.2, 0.25) is 0 Å². The molecule has 2 aliphatic heterocycles. The molecule has 2 N–H and O–H groups in total. The Morgan fingerprint density at radius 1 is 1.29 bits per heavy atom. The summed E-state index contributed by atoms with van der Waals surface area (Å²) in [6, 6.07) is -0.584. The molecule has 96 valence electrons. The van der Waals surface area contributed by atoms with Crippen molar-refractivity contribution in [2.75, 3.05) is 19.6 Å². The minimum atomic E-state index is -0.863. The molecule has 2 fully saturated rings. The van der Waals surface area contributed by atoms with Gasteiger partial charge >= 0.3 is 5.97 Å². The molecule has 2 rings (SSSR count). The number of nitrogens with zero attached hydrogens (tertiary/aromatic N) is 1. The molecule has 2 heterocycles. The highest BCUT2D eigenvalue weighted by atomic mass is 16.4. The number of carboxylic acids is 1. The van der Waals surface area contributed by atoms with Crippen molar-refractivity contribution in [2.45, 2.75) is 38.1 Å². The number of hydrogen-bond acceptors (Lipinski definition) is 3. The fourth-order valence-corrected chi connectivity index (χ4v) is 2.78. The van der Waals surface area contributed by atoms with Crippen LogP contribution in [0.4, 0.5) is 0 Å². The number of piperidine rings is 1. The molecule has 0 spiro atoms. The standard InChI is InChI=1S/C12H20N2O3/c15-11(7-9-3-1-5-13-8-9)14-6-2-4-10(14)12(16)17/h9-10,13H,1-8H2,(H,16,17). The van der Waals surface area contributed by atoms with Gasteiger partial charge in [-0.15, -0.1) is 0 Å². The fourth-order valence-electron chi connectivity index (χ4n) is 2.78. The summed E-state index contributed by atoms with van der Waals surface area (Å²) in [6.45, 7) is 2.53. The van der Waals surface area contributed by atoms with E-state index in [1.807, 2.05) is 0 Å². The fraction of sp³-hybridized carbons (Fsp3) is 0.833. The van der Waals surface area contributed by atoms with Gasteiger partial charge in [-0.25, -0.2) is 4.79 Å². The Kier molecular flexibility index (Phi) is 3.99. The Hall–Kier alpha value is -1.10. The first-order chi connectivity index (χ1) is 8.18. The van der Waals surface area contributed by atoms with Crippen molar-refractivity contribution in [2.24, 2.45) is 5.92 Å². The first kappa shape index (κ1) is 12.4. The second kappa shape index (κ2) is 5.49. The van der Waals surface area contributed by atoms with Crippen molar-refractivity contribution in [3.05, 3.63) is 0 Å². The van der Waals surface area contributed by atoms with Crippen LogP contribution in [0.25, 0.3) is 0 Å². The van der Waals surface area contributed by atoms with Crippen LogP contribution >= 0.6 is 0 Å². The molecule has 0 aromatic rings. The normalized spacial score (nSPS) is 29.3. The number of amides is 1. The summed E-state index contributed by atoms with van der Waals surface area (Å²) < 4.78 is 0. The van der Waals surface area contributed by atoms with Crippen LogP contribution in [-0.4, -0.2) is 47.6 Å². The molecule has 17 heavy (non-hydrogen) atoms. The Labute approximate surface area is 101 Å². The summed E-state index contributed by atoms with van der Waals surface area (Å²) in [5, 5.41) is 12.3. The van der Waals surface area contributed by atoms with E-state index in [0.717, 1.165) is 32.4 Å². The van der Waals surface area contributed by atoms with Crippen LogP contribution in [0.1, 0.15) is 32.1 Å². The van der Waals surface area contributed by atoms with Gasteiger partial charge in [-0.1, -0.05) is 0 Å². The van der Waals surface area contributed by atoms with E-state index in [1.54, 1.807) is 4.90 Å².